The van der Waals surface area contributed by atoms with Crippen LogP contribution in [0.5, 0.6) is 0 Å². The van der Waals surface area contributed by atoms with Crippen molar-refractivity contribution in [2.24, 2.45) is 0 Å². The molecule has 0 aliphatic carbocycles. The largest absolute Gasteiger partial charge is 0.462 e. The van der Waals surface area contributed by atoms with Gasteiger partial charge in [0.15, 0.2) is 6.10 Å². The van der Waals surface area contributed by atoms with Crippen LogP contribution >= 0.6 is 0 Å². The van der Waals surface area contributed by atoms with Gasteiger partial charge in [-0.1, -0.05) is 214 Å². The number of hydrogen-bond donors (Lipinski definition) is 0. The topological polar surface area (TPSA) is 78.9 Å². The van der Waals surface area contributed by atoms with E-state index in [0.29, 0.717) is 19.3 Å². The molecule has 380 valence electrons. The smallest absolute Gasteiger partial charge is 0.306 e. The van der Waals surface area contributed by atoms with Crippen molar-refractivity contribution in [1.29, 1.82) is 0 Å². The van der Waals surface area contributed by atoms with E-state index in [-0.39, 0.29) is 31.1 Å². The summed E-state index contributed by atoms with van der Waals surface area (Å²) in [4.78, 5) is 38.1. The predicted molar refractivity (Wildman–Crippen MR) is 288 cm³/mol. The predicted octanol–water partition coefficient (Wildman–Crippen LogP) is 18.3. The minimum Gasteiger partial charge on any atom is -0.462 e. The quantitative estimate of drug-likeness (QED) is 0.0262. The fourth-order valence-corrected chi connectivity index (χ4v) is 7.17. The molecular formula is C61H100O6. The van der Waals surface area contributed by atoms with E-state index in [4.69, 9.17) is 14.2 Å². The molecule has 0 aromatic heterocycles. The Bertz CT molecular complexity index is 1390. The molecule has 0 saturated carbocycles. The van der Waals surface area contributed by atoms with Crippen LogP contribution in [0.2, 0.25) is 0 Å². The van der Waals surface area contributed by atoms with E-state index in [1.54, 1.807) is 0 Å². The Morgan fingerprint density at radius 2 is 0.582 bits per heavy atom. The molecule has 0 aliphatic rings. The van der Waals surface area contributed by atoms with Gasteiger partial charge >= 0.3 is 17.9 Å². The zero-order chi connectivity index (χ0) is 48.6. The summed E-state index contributed by atoms with van der Waals surface area (Å²) in [6.45, 7) is 6.33. The minimum atomic E-state index is -0.799. The Hall–Kier alpha value is -3.93. The van der Waals surface area contributed by atoms with Crippen molar-refractivity contribution >= 4 is 17.9 Å². The number of ether oxygens (including phenoxy) is 3. The fourth-order valence-electron chi connectivity index (χ4n) is 7.17. The molecule has 0 amide bonds. The first-order chi connectivity index (χ1) is 33.0. The highest BCUT2D eigenvalue weighted by molar-refractivity contribution is 5.71. The van der Waals surface area contributed by atoms with Crippen LogP contribution in [0.25, 0.3) is 0 Å². The van der Waals surface area contributed by atoms with Gasteiger partial charge in [0, 0.05) is 19.3 Å². The molecule has 0 fully saturated rings. The van der Waals surface area contributed by atoms with Crippen LogP contribution in [0.4, 0.5) is 0 Å². The van der Waals surface area contributed by atoms with Crippen LogP contribution in [-0.4, -0.2) is 37.2 Å². The lowest BCUT2D eigenvalue weighted by Crippen LogP contribution is -2.30. The second-order valence-electron chi connectivity index (χ2n) is 17.7. The molecule has 0 rings (SSSR count). The third-order valence-electron chi connectivity index (χ3n) is 11.2. The van der Waals surface area contributed by atoms with E-state index >= 15 is 0 Å². The Morgan fingerprint density at radius 1 is 0.313 bits per heavy atom. The van der Waals surface area contributed by atoms with E-state index in [0.717, 1.165) is 141 Å². The van der Waals surface area contributed by atoms with Gasteiger partial charge in [-0.25, -0.2) is 0 Å². The Labute approximate surface area is 412 Å². The van der Waals surface area contributed by atoms with Crippen LogP contribution in [0.3, 0.4) is 0 Å². The zero-order valence-electron chi connectivity index (χ0n) is 43.4. The Kier molecular flexibility index (Phi) is 51.5. The molecule has 0 bridgehead atoms. The lowest BCUT2D eigenvalue weighted by atomic mass is 10.1. The molecule has 6 nitrogen and oxygen atoms in total. The fraction of sp³-hybridized carbons (Fsp3) is 0.656. The lowest BCUT2D eigenvalue weighted by molar-refractivity contribution is -0.167. The van der Waals surface area contributed by atoms with Gasteiger partial charge in [0.25, 0.3) is 0 Å². The average molecular weight is 929 g/mol. The van der Waals surface area contributed by atoms with Crippen LogP contribution < -0.4 is 0 Å². The maximum absolute atomic E-state index is 12.8. The molecular weight excluding hydrogens is 829 g/mol. The normalized spacial score (nSPS) is 12.9. The molecule has 1 atom stereocenters. The Balaban J connectivity index is 4.41. The molecule has 0 aliphatic heterocycles. The number of carbonyl (C=O) groups is 3. The summed E-state index contributed by atoms with van der Waals surface area (Å²) in [6, 6.07) is 0. The van der Waals surface area contributed by atoms with Crippen LogP contribution in [0, 0.1) is 0 Å². The van der Waals surface area contributed by atoms with Crippen molar-refractivity contribution in [3.63, 3.8) is 0 Å². The maximum atomic E-state index is 12.8. The van der Waals surface area contributed by atoms with Crippen LogP contribution in [0.15, 0.2) is 109 Å². The van der Waals surface area contributed by atoms with Gasteiger partial charge in [-0.15, -0.1) is 0 Å². The summed E-state index contributed by atoms with van der Waals surface area (Å²) in [5, 5.41) is 0. The monoisotopic (exact) mass is 929 g/mol. The molecule has 0 saturated heterocycles. The van der Waals surface area contributed by atoms with Gasteiger partial charge in [0.2, 0.25) is 0 Å². The Morgan fingerprint density at radius 3 is 0.925 bits per heavy atom. The first-order valence-electron chi connectivity index (χ1n) is 27.4. The second-order valence-corrected chi connectivity index (χ2v) is 17.7. The van der Waals surface area contributed by atoms with Crippen molar-refractivity contribution in [2.75, 3.05) is 13.2 Å². The third-order valence-corrected chi connectivity index (χ3v) is 11.2. The first kappa shape index (κ1) is 63.1. The van der Waals surface area contributed by atoms with Crippen molar-refractivity contribution in [1.82, 2.24) is 0 Å². The molecule has 0 aromatic rings. The average Bonchev–Trinajstić information content (AvgIpc) is 3.33. The summed E-state index contributed by atoms with van der Waals surface area (Å²) in [6.07, 6.45) is 73.6. The summed E-state index contributed by atoms with van der Waals surface area (Å²) in [5.41, 5.74) is 0. The summed E-state index contributed by atoms with van der Waals surface area (Å²) >= 11 is 0. The zero-order valence-corrected chi connectivity index (χ0v) is 43.4. The number of hydrogen-bond acceptors (Lipinski definition) is 6. The summed E-state index contributed by atoms with van der Waals surface area (Å²) < 4.78 is 16.8. The molecule has 0 radical (unpaired) electrons. The van der Waals surface area contributed by atoms with Gasteiger partial charge in [-0.05, 0) is 116 Å². The highest BCUT2D eigenvalue weighted by Crippen LogP contribution is 2.14. The van der Waals surface area contributed by atoms with E-state index in [9.17, 15) is 14.4 Å². The third kappa shape index (κ3) is 52.9. The number of rotatable bonds is 48. The van der Waals surface area contributed by atoms with Gasteiger partial charge in [-0.2, -0.15) is 0 Å². The molecule has 6 heteroatoms. The highest BCUT2D eigenvalue weighted by Gasteiger charge is 2.19. The van der Waals surface area contributed by atoms with E-state index in [2.05, 4.69) is 130 Å². The maximum Gasteiger partial charge on any atom is 0.306 e. The number of allylic oxidation sites excluding steroid dienone is 18. The molecule has 0 heterocycles. The van der Waals surface area contributed by atoms with Crippen molar-refractivity contribution in [2.45, 2.75) is 245 Å². The molecule has 67 heavy (non-hydrogen) atoms. The van der Waals surface area contributed by atoms with Crippen LogP contribution in [-0.2, 0) is 28.6 Å². The van der Waals surface area contributed by atoms with Gasteiger partial charge in [0.05, 0.1) is 0 Å². The number of carbonyl (C=O) groups excluding carboxylic acids is 3. The summed E-state index contributed by atoms with van der Waals surface area (Å²) in [5.74, 6) is -0.940. The minimum absolute atomic E-state index is 0.0967. The molecule has 0 aromatic carbocycles. The van der Waals surface area contributed by atoms with E-state index in [1.165, 1.54) is 57.8 Å². The first-order valence-corrected chi connectivity index (χ1v) is 27.4. The number of esters is 3. The molecule has 0 N–H and O–H groups in total. The standard InChI is InChI=1S/C61H100O6/c1-4-7-10-13-16-19-22-24-26-28-29-30-31-33-34-36-39-42-45-48-51-54-60(63)66-57-58(56-65-59(62)53-50-47-44-41-38-21-18-15-12-9-6-3)67-61(64)55-52-49-46-43-40-37-35-32-27-25-23-20-17-14-11-8-5-2/h7-8,10-11,15-20,24-27,29-30,35,37,58H,4-6,9,12-14,21-23,28,31-34,36,38-57H2,1-3H3/b10-7-,11-8-,18-15-,19-16-,20-17-,26-24-,27-25-,30-29-,37-35-. The van der Waals surface area contributed by atoms with E-state index < -0.39 is 6.10 Å². The SMILES string of the molecule is CC/C=C\C/C=C\C/C=C\C/C=C\CCCCCCCCCCC(=O)OCC(COC(=O)CCCCCCC/C=C\CCCC)OC(=O)CCCCCC/C=C\C/C=C\C/C=C\C/C=C\CC. The van der Waals surface area contributed by atoms with Crippen molar-refractivity contribution in [3.8, 4) is 0 Å². The van der Waals surface area contributed by atoms with Crippen molar-refractivity contribution in [3.05, 3.63) is 109 Å². The molecule has 0 spiro atoms. The van der Waals surface area contributed by atoms with E-state index in [1.807, 2.05) is 0 Å². The number of unbranched alkanes of at least 4 members (excludes halogenated alkanes) is 19. The van der Waals surface area contributed by atoms with Crippen molar-refractivity contribution < 1.29 is 28.6 Å². The lowest BCUT2D eigenvalue weighted by Gasteiger charge is -2.18. The van der Waals surface area contributed by atoms with Gasteiger partial charge < -0.3 is 14.2 Å². The summed E-state index contributed by atoms with van der Waals surface area (Å²) in [7, 11) is 0. The highest BCUT2D eigenvalue weighted by atomic mass is 16.6. The second kappa shape index (κ2) is 54.7. The van der Waals surface area contributed by atoms with Crippen LogP contribution in [0.1, 0.15) is 239 Å². The van der Waals surface area contributed by atoms with Gasteiger partial charge in [0.1, 0.15) is 13.2 Å². The molecule has 1 unspecified atom stereocenters. The van der Waals surface area contributed by atoms with Gasteiger partial charge in [-0.3, -0.25) is 14.4 Å².